The van der Waals surface area contributed by atoms with Crippen LogP contribution in [-0.4, -0.2) is 19.6 Å². The van der Waals surface area contributed by atoms with Gasteiger partial charge in [-0.1, -0.05) is 26.8 Å². The summed E-state index contributed by atoms with van der Waals surface area (Å²) >= 11 is 3.50. The molecule has 128 valence electrons. The maximum atomic E-state index is 12.0. The molecule has 0 aliphatic rings. The first kappa shape index (κ1) is 18.3. The molecular weight excluding hydrogens is 370 g/mol. The number of carbonyl (C=O) groups is 1. The fourth-order valence-corrected chi connectivity index (χ4v) is 2.59. The molecule has 0 aliphatic carbocycles. The highest BCUT2D eigenvalue weighted by atomic mass is 79.9. The average Bonchev–Trinajstić information content (AvgIpc) is 2.53. The van der Waals surface area contributed by atoms with Crippen LogP contribution in [0, 0.1) is 0 Å². The van der Waals surface area contributed by atoms with Gasteiger partial charge in [0.25, 0.3) is 5.91 Å². The van der Waals surface area contributed by atoms with E-state index in [1.54, 1.807) is 31.4 Å². The third-order valence-electron chi connectivity index (χ3n) is 3.53. The van der Waals surface area contributed by atoms with Gasteiger partial charge in [-0.2, -0.15) is 0 Å². The molecule has 0 bridgehead atoms. The summed E-state index contributed by atoms with van der Waals surface area (Å²) in [5.74, 6) is 1.17. The van der Waals surface area contributed by atoms with Crippen LogP contribution in [0.3, 0.4) is 0 Å². The van der Waals surface area contributed by atoms with Crippen LogP contribution in [0.1, 0.15) is 26.3 Å². The Labute approximate surface area is 151 Å². The Morgan fingerprint density at radius 1 is 1.12 bits per heavy atom. The molecule has 0 heterocycles. The summed E-state index contributed by atoms with van der Waals surface area (Å²) in [7, 11) is 1.60. The molecule has 1 amide bonds. The second-order valence-corrected chi connectivity index (χ2v) is 7.31. The number of anilines is 1. The molecular formula is C19H22BrNO3. The van der Waals surface area contributed by atoms with Gasteiger partial charge in [0.15, 0.2) is 6.61 Å². The third-order valence-corrected chi connectivity index (χ3v) is 4.15. The minimum absolute atomic E-state index is 0.0561. The van der Waals surface area contributed by atoms with E-state index in [9.17, 15) is 4.79 Å². The Morgan fingerprint density at radius 3 is 2.33 bits per heavy atom. The van der Waals surface area contributed by atoms with Crippen LogP contribution in [0.25, 0.3) is 0 Å². The highest BCUT2D eigenvalue weighted by molar-refractivity contribution is 9.10. The van der Waals surface area contributed by atoms with Crippen LogP contribution in [0.4, 0.5) is 5.69 Å². The number of methoxy groups -OCH3 is 1. The van der Waals surface area contributed by atoms with Crippen molar-refractivity contribution in [2.24, 2.45) is 0 Å². The Hall–Kier alpha value is -2.01. The number of benzene rings is 2. The van der Waals surface area contributed by atoms with Crippen LogP contribution in [-0.2, 0) is 10.2 Å². The largest absolute Gasteiger partial charge is 0.497 e. The van der Waals surface area contributed by atoms with Crippen LogP contribution < -0.4 is 14.8 Å². The van der Waals surface area contributed by atoms with Gasteiger partial charge in [0.05, 0.1) is 11.6 Å². The molecule has 0 atom stereocenters. The van der Waals surface area contributed by atoms with E-state index >= 15 is 0 Å². The van der Waals surface area contributed by atoms with E-state index in [4.69, 9.17) is 9.47 Å². The van der Waals surface area contributed by atoms with Crippen LogP contribution in [0.2, 0.25) is 0 Å². The maximum absolute atomic E-state index is 12.0. The van der Waals surface area contributed by atoms with Crippen molar-refractivity contribution in [1.82, 2.24) is 0 Å². The summed E-state index contributed by atoms with van der Waals surface area (Å²) in [5.41, 5.74) is 1.96. The predicted molar refractivity (Wildman–Crippen MR) is 100.0 cm³/mol. The molecule has 0 unspecified atom stereocenters. The normalized spacial score (nSPS) is 11.0. The third kappa shape index (κ3) is 4.99. The standard InChI is InChI=1S/C19H22BrNO3/c1-19(2,3)13-5-10-17(16(20)11-13)24-12-18(22)21-14-6-8-15(23-4)9-7-14/h5-11H,12H2,1-4H3,(H,21,22). The van der Waals surface area contributed by atoms with Crippen molar-refractivity contribution < 1.29 is 14.3 Å². The summed E-state index contributed by atoms with van der Waals surface area (Å²) in [6, 6.07) is 13.1. The Kier molecular flexibility index (Phi) is 5.89. The zero-order valence-electron chi connectivity index (χ0n) is 14.4. The lowest BCUT2D eigenvalue weighted by molar-refractivity contribution is -0.118. The van der Waals surface area contributed by atoms with Gasteiger partial charge in [0.2, 0.25) is 0 Å². The average molecular weight is 392 g/mol. The van der Waals surface area contributed by atoms with E-state index in [0.717, 1.165) is 10.2 Å². The molecule has 2 aromatic carbocycles. The minimum Gasteiger partial charge on any atom is -0.497 e. The first-order valence-electron chi connectivity index (χ1n) is 7.66. The number of rotatable bonds is 5. The van der Waals surface area contributed by atoms with Crippen molar-refractivity contribution in [2.45, 2.75) is 26.2 Å². The van der Waals surface area contributed by atoms with Gasteiger partial charge in [-0.15, -0.1) is 0 Å². The summed E-state index contributed by atoms with van der Waals surface area (Å²) in [6.07, 6.45) is 0. The van der Waals surface area contributed by atoms with Gasteiger partial charge < -0.3 is 14.8 Å². The van der Waals surface area contributed by atoms with Gasteiger partial charge >= 0.3 is 0 Å². The minimum atomic E-state index is -0.216. The van der Waals surface area contributed by atoms with Crippen molar-refractivity contribution >= 4 is 27.5 Å². The van der Waals surface area contributed by atoms with Crippen molar-refractivity contribution in [3.05, 3.63) is 52.5 Å². The number of nitrogens with one attached hydrogen (secondary N) is 1. The molecule has 1 N–H and O–H groups in total. The molecule has 2 aromatic rings. The molecule has 0 fully saturated rings. The monoisotopic (exact) mass is 391 g/mol. The Bertz CT molecular complexity index is 706. The van der Waals surface area contributed by atoms with Gasteiger partial charge in [0.1, 0.15) is 11.5 Å². The summed E-state index contributed by atoms with van der Waals surface area (Å²) < 4.78 is 11.5. The van der Waals surface area contributed by atoms with Crippen molar-refractivity contribution in [1.29, 1.82) is 0 Å². The van der Waals surface area contributed by atoms with E-state index in [-0.39, 0.29) is 17.9 Å². The molecule has 0 aromatic heterocycles. The van der Waals surface area contributed by atoms with Crippen molar-refractivity contribution in [2.75, 3.05) is 19.0 Å². The van der Waals surface area contributed by atoms with E-state index in [1.165, 1.54) is 5.56 Å². The number of hydrogen-bond acceptors (Lipinski definition) is 3. The fraction of sp³-hybridized carbons (Fsp3) is 0.316. The maximum Gasteiger partial charge on any atom is 0.262 e. The highest BCUT2D eigenvalue weighted by Crippen LogP contribution is 2.31. The first-order valence-corrected chi connectivity index (χ1v) is 8.45. The molecule has 0 saturated carbocycles. The fourth-order valence-electron chi connectivity index (χ4n) is 2.10. The molecule has 0 spiro atoms. The predicted octanol–water partition coefficient (Wildman–Crippen LogP) is 4.77. The van der Waals surface area contributed by atoms with Crippen LogP contribution in [0.15, 0.2) is 46.9 Å². The SMILES string of the molecule is COc1ccc(NC(=O)COc2ccc(C(C)(C)C)cc2Br)cc1. The molecule has 0 saturated heterocycles. The lowest BCUT2D eigenvalue weighted by atomic mass is 9.87. The zero-order valence-corrected chi connectivity index (χ0v) is 15.9. The zero-order chi connectivity index (χ0) is 17.7. The second kappa shape index (κ2) is 7.71. The lowest BCUT2D eigenvalue weighted by Crippen LogP contribution is -2.20. The van der Waals surface area contributed by atoms with E-state index < -0.39 is 0 Å². The summed E-state index contributed by atoms with van der Waals surface area (Å²) in [4.78, 5) is 12.0. The van der Waals surface area contributed by atoms with Gasteiger partial charge in [-0.05, 0) is 63.3 Å². The van der Waals surface area contributed by atoms with E-state index in [0.29, 0.717) is 11.4 Å². The molecule has 2 rings (SSSR count). The number of ether oxygens (including phenoxy) is 2. The summed E-state index contributed by atoms with van der Waals surface area (Å²) in [6.45, 7) is 6.40. The van der Waals surface area contributed by atoms with Gasteiger partial charge in [0, 0.05) is 5.69 Å². The number of carbonyl (C=O) groups excluding carboxylic acids is 1. The number of halogens is 1. The van der Waals surface area contributed by atoms with Crippen molar-refractivity contribution in [3.63, 3.8) is 0 Å². The molecule has 24 heavy (non-hydrogen) atoms. The second-order valence-electron chi connectivity index (χ2n) is 6.46. The lowest BCUT2D eigenvalue weighted by Gasteiger charge is -2.20. The highest BCUT2D eigenvalue weighted by Gasteiger charge is 2.15. The topological polar surface area (TPSA) is 47.6 Å². The number of hydrogen-bond donors (Lipinski definition) is 1. The van der Waals surface area contributed by atoms with Crippen LogP contribution in [0.5, 0.6) is 11.5 Å². The molecule has 5 heteroatoms. The van der Waals surface area contributed by atoms with Crippen molar-refractivity contribution in [3.8, 4) is 11.5 Å². The molecule has 0 radical (unpaired) electrons. The van der Waals surface area contributed by atoms with Gasteiger partial charge in [-0.25, -0.2) is 0 Å². The molecule has 0 aliphatic heterocycles. The smallest absolute Gasteiger partial charge is 0.262 e. The van der Waals surface area contributed by atoms with Gasteiger partial charge in [-0.3, -0.25) is 4.79 Å². The quantitative estimate of drug-likeness (QED) is 0.797. The van der Waals surface area contributed by atoms with E-state index in [1.807, 2.05) is 18.2 Å². The first-order chi connectivity index (χ1) is 11.3. The Balaban J connectivity index is 1.93. The van der Waals surface area contributed by atoms with E-state index in [2.05, 4.69) is 42.0 Å². The summed E-state index contributed by atoms with van der Waals surface area (Å²) in [5, 5.41) is 2.78. The number of amides is 1. The Morgan fingerprint density at radius 2 is 1.79 bits per heavy atom. The molecule has 4 nitrogen and oxygen atoms in total. The van der Waals surface area contributed by atoms with Crippen LogP contribution >= 0.6 is 15.9 Å².